The van der Waals surface area contributed by atoms with Gasteiger partial charge in [0.25, 0.3) is 5.91 Å². The quantitative estimate of drug-likeness (QED) is 0.426. The van der Waals surface area contributed by atoms with Gasteiger partial charge in [-0.05, 0) is 75.3 Å². The van der Waals surface area contributed by atoms with Crippen molar-refractivity contribution in [2.24, 2.45) is 5.92 Å². The summed E-state index contributed by atoms with van der Waals surface area (Å²) >= 11 is 0. The molecule has 1 saturated heterocycles. The summed E-state index contributed by atoms with van der Waals surface area (Å²) in [5, 5.41) is 1.15. The van der Waals surface area contributed by atoms with Crippen molar-refractivity contribution in [3.8, 4) is 0 Å². The van der Waals surface area contributed by atoms with Gasteiger partial charge in [-0.25, -0.2) is 0 Å². The van der Waals surface area contributed by atoms with Crippen LogP contribution < -0.4 is 0 Å². The molecule has 3 aromatic rings. The smallest absolute Gasteiger partial charge is 0.270 e. The minimum absolute atomic E-state index is 0.170. The third kappa shape index (κ3) is 5.50. The lowest BCUT2D eigenvalue weighted by molar-refractivity contribution is 0.0681. The van der Waals surface area contributed by atoms with E-state index in [1.807, 2.05) is 6.07 Å². The van der Waals surface area contributed by atoms with E-state index in [2.05, 4.69) is 83.7 Å². The number of aromatic nitrogens is 1. The van der Waals surface area contributed by atoms with Crippen LogP contribution in [0.5, 0.6) is 0 Å². The van der Waals surface area contributed by atoms with Crippen LogP contribution in [-0.2, 0) is 19.4 Å². The van der Waals surface area contributed by atoms with E-state index in [9.17, 15) is 4.79 Å². The molecule has 0 radical (unpaired) electrons. The SMILES string of the molecule is CCc1cccc(CCN2CCCC(CN(CC)C(=O)c3cc4ccccc4n3CC)C2)c1. The number of fused-ring (bicyclic) bond motifs is 1. The van der Waals surface area contributed by atoms with Crippen molar-refractivity contribution >= 4 is 16.8 Å². The Morgan fingerprint density at radius 1 is 1.03 bits per heavy atom. The number of para-hydroxylation sites is 1. The van der Waals surface area contributed by atoms with E-state index in [0.717, 1.165) is 62.2 Å². The maximum atomic E-state index is 13.5. The molecule has 2 aromatic carbocycles. The predicted molar refractivity (Wildman–Crippen MR) is 138 cm³/mol. The van der Waals surface area contributed by atoms with Gasteiger partial charge in [0.2, 0.25) is 0 Å². The zero-order valence-electron chi connectivity index (χ0n) is 20.6. The van der Waals surface area contributed by atoms with Gasteiger partial charge in [-0.2, -0.15) is 0 Å². The van der Waals surface area contributed by atoms with E-state index in [1.165, 1.54) is 30.5 Å². The first kappa shape index (κ1) is 23.6. The summed E-state index contributed by atoms with van der Waals surface area (Å²) in [5.74, 6) is 0.716. The summed E-state index contributed by atoms with van der Waals surface area (Å²) in [7, 11) is 0. The summed E-state index contributed by atoms with van der Waals surface area (Å²) in [6.07, 6.45) is 4.63. The van der Waals surface area contributed by atoms with Crippen LogP contribution in [0, 0.1) is 5.92 Å². The first-order valence-corrected chi connectivity index (χ1v) is 12.8. The van der Waals surface area contributed by atoms with Gasteiger partial charge in [-0.1, -0.05) is 49.4 Å². The summed E-state index contributed by atoms with van der Waals surface area (Å²) in [6, 6.07) is 19.4. The first-order valence-electron chi connectivity index (χ1n) is 12.8. The van der Waals surface area contributed by atoms with E-state index < -0.39 is 0 Å². The zero-order valence-corrected chi connectivity index (χ0v) is 20.6. The average Bonchev–Trinajstić information content (AvgIpc) is 3.24. The molecule has 0 spiro atoms. The van der Waals surface area contributed by atoms with Gasteiger partial charge in [0.1, 0.15) is 5.69 Å². The van der Waals surface area contributed by atoms with Crippen molar-refractivity contribution in [3.05, 3.63) is 71.4 Å². The van der Waals surface area contributed by atoms with Gasteiger partial charge in [0.05, 0.1) is 0 Å². The molecule has 0 aliphatic carbocycles. The Bertz CT molecular complexity index is 1070. The van der Waals surface area contributed by atoms with Gasteiger partial charge in [0, 0.05) is 43.6 Å². The molecule has 1 atom stereocenters. The molecule has 33 heavy (non-hydrogen) atoms. The van der Waals surface area contributed by atoms with Gasteiger partial charge < -0.3 is 14.4 Å². The van der Waals surface area contributed by atoms with Crippen LogP contribution in [0.3, 0.4) is 0 Å². The highest BCUT2D eigenvalue weighted by Crippen LogP contribution is 2.23. The third-order valence-corrected chi connectivity index (χ3v) is 7.21. The number of amides is 1. The molecular formula is C29H39N3O. The van der Waals surface area contributed by atoms with Crippen molar-refractivity contribution in [1.82, 2.24) is 14.4 Å². The number of benzene rings is 2. The Hall–Kier alpha value is -2.59. The van der Waals surface area contributed by atoms with Gasteiger partial charge in [-0.3, -0.25) is 4.79 Å². The number of carbonyl (C=O) groups excluding carboxylic acids is 1. The molecule has 2 heterocycles. The Labute approximate surface area is 199 Å². The molecule has 0 saturated carbocycles. The van der Waals surface area contributed by atoms with E-state index in [-0.39, 0.29) is 5.91 Å². The van der Waals surface area contributed by atoms with Gasteiger partial charge in [-0.15, -0.1) is 0 Å². The maximum Gasteiger partial charge on any atom is 0.270 e. The monoisotopic (exact) mass is 445 g/mol. The number of aryl methyl sites for hydroxylation is 2. The number of piperidine rings is 1. The highest BCUT2D eigenvalue weighted by Gasteiger charge is 2.26. The number of hydrogen-bond donors (Lipinski definition) is 0. The second kappa shape index (κ2) is 11.0. The summed E-state index contributed by atoms with van der Waals surface area (Å²) < 4.78 is 2.16. The maximum absolute atomic E-state index is 13.5. The number of likely N-dealkylation sites (tertiary alicyclic amines) is 1. The molecule has 1 amide bonds. The highest BCUT2D eigenvalue weighted by molar-refractivity contribution is 5.98. The number of nitrogens with zero attached hydrogens (tertiary/aromatic N) is 3. The number of hydrogen-bond acceptors (Lipinski definition) is 2. The van der Waals surface area contributed by atoms with E-state index in [4.69, 9.17) is 0 Å². The topological polar surface area (TPSA) is 28.5 Å². The Morgan fingerprint density at radius 3 is 2.64 bits per heavy atom. The lowest BCUT2D eigenvalue weighted by Crippen LogP contribution is -2.43. The van der Waals surface area contributed by atoms with Crippen LogP contribution in [0.25, 0.3) is 10.9 Å². The zero-order chi connectivity index (χ0) is 23.2. The van der Waals surface area contributed by atoms with Crippen LogP contribution in [0.4, 0.5) is 0 Å². The average molecular weight is 446 g/mol. The number of carbonyl (C=O) groups is 1. The van der Waals surface area contributed by atoms with Crippen LogP contribution in [0.15, 0.2) is 54.6 Å². The molecule has 4 rings (SSSR count). The number of rotatable bonds is 9. The van der Waals surface area contributed by atoms with Gasteiger partial charge >= 0.3 is 0 Å². The fourth-order valence-electron chi connectivity index (χ4n) is 5.35. The molecule has 176 valence electrons. The fraction of sp³-hybridized carbons (Fsp3) is 0.483. The summed E-state index contributed by atoms with van der Waals surface area (Å²) in [4.78, 5) is 18.2. The van der Waals surface area contributed by atoms with Crippen molar-refractivity contribution in [1.29, 1.82) is 0 Å². The lowest BCUT2D eigenvalue weighted by atomic mass is 9.96. The predicted octanol–water partition coefficient (Wildman–Crippen LogP) is 5.64. The molecule has 4 nitrogen and oxygen atoms in total. The van der Waals surface area contributed by atoms with Crippen molar-refractivity contribution < 1.29 is 4.79 Å². The molecule has 1 unspecified atom stereocenters. The van der Waals surface area contributed by atoms with Crippen LogP contribution in [0.1, 0.15) is 55.2 Å². The van der Waals surface area contributed by atoms with Gasteiger partial charge in [0.15, 0.2) is 0 Å². The van der Waals surface area contributed by atoms with E-state index in [0.29, 0.717) is 5.92 Å². The van der Waals surface area contributed by atoms with Crippen LogP contribution in [-0.4, -0.2) is 53.0 Å². The van der Waals surface area contributed by atoms with Crippen molar-refractivity contribution in [2.75, 3.05) is 32.7 Å². The molecule has 0 bridgehead atoms. The molecule has 0 N–H and O–H groups in total. The Morgan fingerprint density at radius 2 is 1.85 bits per heavy atom. The summed E-state index contributed by atoms with van der Waals surface area (Å²) in [5.41, 5.74) is 4.83. The second-order valence-corrected chi connectivity index (χ2v) is 9.41. The largest absolute Gasteiger partial charge is 0.337 e. The first-order chi connectivity index (χ1) is 16.1. The normalized spacial score (nSPS) is 16.9. The fourth-order valence-corrected chi connectivity index (χ4v) is 5.35. The van der Waals surface area contributed by atoms with Crippen molar-refractivity contribution in [2.45, 2.75) is 53.0 Å². The molecule has 4 heteroatoms. The minimum atomic E-state index is 0.170. The third-order valence-electron chi connectivity index (χ3n) is 7.21. The molecule has 1 aromatic heterocycles. The highest BCUT2D eigenvalue weighted by atomic mass is 16.2. The van der Waals surface area contributed by atoms with Crippen LogP contribution >= 0.6 is 0 Å². The van der Waals surface area contributed by atoms with E-state index >= 15 is 0 Å². The van der Waals surface area contributed by atoms with Crippen LogP contribution in [0.2, 0.25) is 0 Å². The Kier molecular flexibility index (Phi) is 7.87. The molecular weight excluding hydrogens is 406 g/mol. The minimum Gasteiger partial charge on any atom is -0.337 e. The standard InChI is InChI=1S/C29H39N3O/c1-4-23-11-9-12-24(19-23)16-18-30-17-10-13-25(21-30)22-31(5-2)29(33)28-20-26-14-7-8-15-27(26)32(28)6-3/h7-9,11-12,14-15,19-20,25H,4-6,10,13,16-18,21-22H2,1-3H3. The molecule has 1 aliphatic heterocycles. The molecule has 1 aliphatic rings. The Balaban J connectivity index is 1.39. The summed E-state index contributed by atoms with van der Waals surface area (Å²) in [6.45, 7) is 12.2. The molecule has 1 fully saturated rings. The van der Waals surface area contributed by atoms with Crippen molar-refractivity contribution in [3.63, 3.8) is 0 Å². The second-order valence-electron chi connectivity index (χ2n) is 9.41. The van der Waals surface area contributed by atoms with E-state index in [1.54, 1.807) is 0 Å². The lowest BCUT2D eigenvalue weighted by Gasteiger charge is -2.35.